The Morgan fingerprint density at radius 3 is 2.55 bits per heavy atom. The number of nitro groups is 1. The highest BCUT2D eigenvalue weighted by Gasteiger charge is 2.26. The fraction of sp³-hybridized carbons (Fsp3) is 0.429. The summed E-state index contributed by atoms with van der Waals surface area (Å²) in [5.74, 6) is 0.0493. The van der Waals surface area contributed by atoms with Crippen molar-refractivity contribution in [1.29, 1.82) is 0 Å². The zero-order chi connectivity index (χ0) is 16.8. The number of terminal acetylenes is 1. The van der Waals surface area contributed by atoms with E-state index in [2.05, 4.69) is 15.7 Å². The Kier molecular flexibility index (Phi) is 5.69. The molecule has 0 saturated heterocycles. The molecule has 0 fully saturated rings. The third-order valence-electron chi connectivity index (χ3n) is 3.17. The maximum absolute atomic E-state index is 11.8. The maximum Gasteiger partial charge on any atom is 0.433 e. The van der Waals surface area contributed by atoms with Crippen LogP contribution in [0.5, 0.6) is 0 Å². The molecule has 0 atom stereocenters. The topological polar surface area (TPSA) is 112 Å². The van der Waals surface area contributed by atoms with E-state index in [9.17, 15) is 19.7 Å². The fourth-order valence-electron chi connectivity index (χ4n) is 1.71. The van der Waals surface area contributed by atoms with Gasteiger partial charge in [0.1, 0.15) is 10.5 Å². The van der Waals surface area contributed by atoms with Gasteiger partial charge in [-0.3, -0.25) is 14.9 Å². The Labute approximate surface area is 127 Å². The number of hydrogen-bond donors (Lipinski definition) is 1. The molecule has 1 aromatic rings. The van der Waals surface area contributed by atoms with E-state index in [0.29, 0.717) is 12.8 Å². The van der Waals surface area contributed by atoms with Gasteiger partial charge >= 0.3 is 11.9 Å². The zero-order valence-corrected chi connectivity index (χ0v) is 12.3. The standard InChI is InChI=1S/C14H16N2O6/c1-4-14(5-2,6-3)15-11(17)9-21-13(18)10-7-8-12(22-10)16(19)20/h1,7-8H,5-6,9H2,2-3H3,(H,15,17). The molecule has 0 bridgehead atoms. The molecule has 0 radical (unpaired) electrons. The van der Waals surface area contributed by atoms with E-state index in [4.69, 9.17) is 11.2 Å². The van der Waals surface area contributed by atoms with Gasteiger partial charge in [0.15, 0.2) is 6.61 Å². The minimum absolute atomic E-state index is 0.353. The van der Waals surface area contributed by atoms with Gasteiger partial charge in [-0.15, -0.1) is 6.42 Å². The SMILES string of the molecule is C#CC(CC)(CC)NC(=O)COC(=O)c1ccc([N+](=O)[O-])o1. The summed E-state index contributed by atoms with van der Waals surface area (Å²) in [5.41, 5.74) is -0.785. The summed E-state index contributed by atoms with van der Waals surface area (Å²) in [6.07, 6.45) is 6.47. The second-order valence-electron chi connectivity index (χ2n) is 4.45. The first kappa shape index (κ1) is 17.2. The van der Waals surface area contributed by atoms with Crippen LogP contribution in [0.2, 0.25) is 0 Å². The van der Waals surface area contributed by atoms with Crippen LogP contribution in [-0.2, 0) is 9.53 Å². The molecule has 0 aliphatic rings. The van der Waals surface area contributed by atoms with E-state index < -0.39 is 34.8 Å². The van der Waals surface area contributed by atoms with Gasteiger partial charge in [0.05, 0.1) is 6.07 Å². The molecule has 0 unspecified atom stereocenters. The number of ether oxygens (including phenoxy) is 1. The van der Waals surface area contributed by atoms with Crippen molar-refractivity contribution < 1.29 is 23.7 Å². The number of nitrogens with one attached hydrogen (secondary N) is 1. The summed E-state index contributed by atoms with van der Waals surface area (Å²) in [7, 11) is 0. The summed E-state index contributed by atoms with van der Waals surface area (Å²) >= 11 is 0. The number of rotatable bonds is 7. The van der Waals surface area contributed by atoms with Crippen molar-refractivity contribution in [3.63, 3.8) is 0 Å². The Morgan fingerprint density at radius 1 is 1.45 bits per heavy atom. The van der Waals surface area contributed by atoms with E-state index in [1.165, 1.54) is 0 Å². The van der Waals surface area contributed by atoms with Crippen LogP contribution in [0.3, 0.4) is 0 Å². The minimum atomic E-state index is -0.970. The molecule has 1 rings (SSSR count). The molecule has 0 aliphatic heterocycles. The lowest BCUT2D eigenvalue weighted by atomic mass is 9.94. The number of furan rings is 1. The number of nitrogens with zero attached hydrogens (tertiary/aromatic N) is 1. The molecular formula is C14H16N2O6. The average Bonchev–Trinajstić information content (AvgIpc) is 3.00. The molecule has 22 heavy (non-hydrogen) atoms. The minimum Gasteiger partial charge on any atom is -0.450 e. The number of carbonyl (C=O) groups excluding carboxylic acids is 2. The second kappa shape index (κ2) is 7.26. The molecule has 1 amide bonds. The van der Waals surface area contributed by atoms with Crippen molar-refractivity contribution in [2.24, 2.45) is 0 Å². The predicted molar refractivity (Wildman–Crippen MR) is 75.9 cm³/mol. The fourth-order valence-corrected chi connectivity index (χ4v) is 1.71. The Hall–Kier alpha value is -2.82. The molecule has 0 saturated carbocycles. The molecular weight excluding hydrogens is 292 g/mol. The average molecular weight is 308 g/mol. The summed E-state index contributed by atoms with van der Waals surface area (Å²) in [5, 5.41) is 13.1. The number of esters is 1. The van der Waals surface area contributed by atoms with Crippen LogP contribution in [0.15, 0.2) is 16.5 Å². The van der Waals surface area contributed by atoms with Gasteiger partial charge in [0.2, 0.25) is 5.76 Å². The van der Waals surface area contributed by atoms with Gasteiger partial charge in [-0.1, -0.05) is 19.8 Å². The second-order valence-corrected chi connectivity index (χ2v) is 4.45. The van der Waals surface area contributed by atoms with Crippen molar-refractivity contribution in [3.8, 4) is 12.3 Å². The predicted octanol–water partition coefficient (Wildman–Crippen LogP) is 1.65. The van der Waals surface area contributed by atoms with Crippen LogP contribution in [0.4, 0.5) is 5.88 Å². The summed E-state index contributed by atoms with van der Waals surface area (Å²) < 4.78 is 9.39. The lowest BCUT2D eigenvalue weighted by Crippen LogP contribution is -2.48. The van der Waals surface area contributed by atoms with Gasteiger partial charge in [0, 0.05) is 0 Å². The monoisotopic (exact) mass is 308 g/mol. The van der Waals surface area contributed by atoms with E-state index >= 15 is 0 Å². The third kappa shape index (κ3) is 4.09. The summed E-state index contributed by atoms with van der Waals surface area (Å²) in [4.78, 5) is 33.0. The van der Waals surface area contributed by atoms with Gasteiger partial charge in [-0.05, 0) is 18.9 Å². The van der Waals surface area contributed by atoms with Gasteiger partial charge in [-0.2, -0.15) is 0 Å². The molecule has 1 heterocycles. The van der Waals surface area contributed by atoms with Crippen molar-refractivity contribution in [2.75, 3.05) is 6.61 Å². The van der Waals surface area contributed by atoms with Crippen LogP contribution in [0, 0.1) is 22.5 Å². The van der Waals surface area contributed by atoms with Crippen LogP contribution < -0.4 is 5.32 Å². The lowest BCUT2D eigenvalue weighted by molar-refractivity contribution is -0.402. The van der Waals surface area contributed by atoms with E-state index in [1.807, 2.05) is 13.8 Å². The molecule has 0 spiro atoms. The molecule has 118 valence electrons. The molecule has 8 heteroatoms. The first-order chi connectivity index (χ1) is 10.4. The summed E-state index contributed by atoms with van der Waals surface area (Å²) in [6, 6.07) is 2.12. The zero-order valence-electron chi connectivity index (χ0n) is 12.3. The summed E-state index contributed by atoms with van der Waals surface area (Å²) in [6.45, 7) is 3.10. The molecule has 0 aromatic carbocycles. The molecule has 1 N–H and O–H groups in total. The smallest absolute Gasteiger partial charge is 0.433 e. The lowest BCUT2D eigenvalue weighted by Gasteiger charge is -2.26. The van der Waals surface area contributed by atoms with Crippen LogP contribution in [0.25, 0.3) is 0 Å². The van der Waals surface area contributed by atoms with Crippen molar-refractivity contribution in [1.82, 2.24) is 5.32 Å². The number of carbonyl (C=O) groups is 2. The van der Waals surface area contributed by atoms with E-state index in [-0.39, 0.29) is 5.76 Å². The Bertz CT molecular complexity index is 609. The first-order valence-corrected chi connectivity index (χ1v) is 6.57. The number of hydrogen-bond acceptors (Lipinski definition) is 6. The van der Waals surface area contributed by atoms with Crippen LogP contribution in [-0.4, -0.2) is 28.9 Å². The highest BCUT2D eigenvalue weighted by Crippen LogP contribution is 2.16. The quantitative estimate of drug-likeness (QED) is 0.355. The van der Waals surface area contributed by atoms with Crippen molar-refractivity contribution >= 4 is 17.8 Å². The number of amides is 1. The maximum atomic E-state index is 11.8. The van der Waals surface area contributed by atoms with Crippen LogP contribution in [0.1, 0.15) is 37.2 Å². The molecule has 1 aromatic heterocycles. The first-order valence-electron chi connectivity index (χ1n) is 6.57. The highest BCUT2D eigenvalue weighted by molar-refractivity contribution is 5.89. The van der Waals surface area contributed by atoms with E-state index in [1.54, 1.807) is 0 Å². The van der Waals surface area contributed by atoms with Crippen molar-refractivity contribution in [3.05, 3.63) is 28.0 Å². The Balaban J connectivity index is 2.58. The van der Waals surface area contributed by atoms with Gasteiger partial charge in [-0.25, -0.2) is 4.79 Å². The van der Waals surface area contributed by atoms with Gasteiger partial charge in [0.25, 0.3) is 5.91 Å². The van der Waals surface area contributed by atoms with Crippen molar-refractivity contribution in [2.45, 2.75) is 32.2 Å². The van der Waals surface area contributed by atoms with E-state index in [0.717, 1.165) is 12.1 Å². The third-order valence-corrected chi connectivity index (χ3v) is 3.17. The van der Waals surface area contributed by atoms with Crippen LogP contribution >= 0.6 is 0 Å². The normalized spacial score (nSPS) is 10.6. The molecule has 8 nitrogen and oxygen atoms in total. The largest absolute Gasteiger partial charge is 0.450 e. The highest BCUT2D eigenvalue weighted by atomic mass is 16.7. The Morgan fingerprint density at radius 2 is 2.09 bits per heavy atom. The molecule has 0 aliphatic carbocycles. The van der Waals surface area contributed by atoms with Gasteiger partial charge < -0.3 is 14.5 Å².